The highest BCUT2D eigenvalue weighted by Crippen LogP contribution is 2.27. The van der Waals surface area contributed by atoms with Crippen LogP contribution in [0.2, 0.25) is 0 Å². The molecule has 5 heteroatoms. The first-order chi connectivity index (χ1) is 9.10. The molecule has 2 rings (SSSR count). The first-order valence-corrected chi connectivity index (χ1v) is 6.49. The molecule has 1 aromatic rings. The van der Waals surface area contributed by atoms with Gasteiger partial charge in [0.2, 0.25) is 0 Å². The van der Waals surface area contributed by atoms with Gasteiger partial charge in [-0.05, 0) is 37.9 Å². The minimum absolute atomic E-state index is 0.126. The molecule has 1 heterocycles. The highest BCUT2D eigenvalue weighted by atomic mass is 16.5. The molecule has 0 unspecified atom stereocenters. The molecule has 19 heavy (non-hydrogen) atoms. The van der Waals surface area contributed by atoms with E-state index in [9.17, 15) is 9.90 Å². The third-order valence-electron chi connectivity index (χ3n) is 3.50. The fraction of sp³-hybridized carbons (Fsp3) is 0.571. The minimum Gasteiger partial charge on any atom is -0.465 e. The van der Waals surface area contributed by atoms with Gasteiger partial charge in [0.15, 0.2) is 0 Å². The van der Waals surface area contributed by atoms with Crippen molar-refractivity contribution in [1.82, 2.24) is 9.88 Å². The van der Waals surface area contributed by atoms with Crippen LogP contribution in [0.1, 0.15) is 28.9 Å². The van der Waals surface area contributed by atoms with Crippen molar-refractivity contribution >= 4 is 5.97 Å². The predicted molar refractivity (Wildman–Crippen MR) is 70.6 cm³/mol. The number of nitrogens with zero attached hydrogens (tertiary/aromatic N) is 2. The van der Waals surface area contributed by atoms with E-state index in [0.29, 0.717) is 18.0 Å². The first kappa shape index (κ1) is 14.0. The molecule has 1 aromatic heterocycles. The van der Waals surface area contributed by atoms with Crippen molar-refractivity contribution in [3.63, 3.8) is 0 Å². The van der Waals surface area contributed by atoms with Crippen LogP contribution in [-0.4, -0.2) is 47.8 Å². The fourth-order valence-electron chi connectivity index (χ4n) is 2.47. The summed E-state index contributed by atoms with van der Waals surface area (Å²) in [6, 6.07) is 3.47. The molecule has 0 atom stereocenters. The standard InChI is InChI=1S/C14H20N2O3/c1-16(8-10-6-11(17)7-10)9-13-12(14(18)19-2)4-3-5-15-13/h3-5,10-11,17H,6-9H2,1-2H3. The van der Waals surface area contributed by atoms with Crippen molar-refractivity contribution < 1.29 is 14.6 Å². The number of ether oxygens (including phenoxy) is 1. The number of hydrogen-bond donors (Lipinski definition) is 1. The molecule has 5 nitrogen and oxygen atoms in total. The minimum atomic E-state index is -0.351. The van der Waals surface area contributed by atoms with E-state index in [2.05, 4.69) is 9.88 Å². The molecule has 0 aromatic carbocycles. The number of aromatic nitrogens is 1. The van der Waals surface area contributed by atoms with Crippen LogP contribution in [0.25, 0.3) is 0 Å². The van der Waals surface area contributed by atoms with E-state index in [0.717, 1.165) is 25.1 Å². The van der Waals surface area contributed by atoms with Crippen molar-refractivity contribution in [2.75, 3.05) is 20.7 Å². The monoisotopic (exact) mass is 264 g/mol. The van der Waals surface area contributed by atoms with Crippen LogP contribution >= 0.6 is 0 Å². The molecule has 1 N–H and O–H groups in total. The second kappa shape index (κ2) is 6.12. The van der Waals surface area contributed by atoms with Gasteiger partial charge in [-0.1, -0.05) is 0 Å². The van der Waals surface area contributed by atoms with Crippen LogP contribution in [0.5, 0.6) is 0 Å². The van der Waals surface area contributed by atoms with Crippen molar-refractivity contribution in [3.05, 3.63) is 29.6 Å². The number of esters is 1. The third kappa shape index (κ3) is 3.52. The number of carbonyl (C=O) groups excluding carboxylic acids is 1. The number of aliphatic hydroxyl groups is 1. The lowest BCUT2D eigenvalue weighted by Crippen LogP contribution is -2.37. The Labute approximate surface area is 113 Å². The Morgan fingerprint density at radius 3 is 2.95 bits per heavy atom. The van der Waals surface area contributed by atoms with Crippen LogP contribution < -0.4 is 0 Å². The largest absolute Gasteiger partial charge is 0.465 e. The van der Waals surface area contributed by atoms with Gasteiger partial charge in [0.1, 0.15) is 0 Å². The smallest absolute Gasteiger partial charge is 0.339 e. The Bertz CT molecular complexity index is 444. The second-order valence-electron chi connectivity index (χ2n) is 5.18. The third-order valence-corrected chi connectivity index (χ3v) is 3.50. The quantitative estimate of drug-likeness (QED) is 0.806. The molecule has 1 aliphatic rings. The zero-order chi connectivity index (χ0) is 13.8. The number of hydrogen-bond acceptors (Lipinski definition) is 5. The first-order valence-electron chi connectivity index (χ1n) is 6.49. The van der Waals surface area contributed by atoms with Crippen molar-refractivity contribution in [3.8, 4) is 0 Å². The summed E-state index contributed by atoms with van der Waals surface area (Å²) < 4.78 is 4.76. The van der Waals surface area contributed by atoms with Gasteiger partial charge in [0, 0.05) is 19.3 Å². The van der Waals surface area contributed by atoms with E-state index in [1.165, 1.54) is 7.11 Å². The lowest BCUT2D eigenvalue weighted by molar-refractivity contribution is 0.0272. The maximum absolute atomic E-state index is 11.6. The van der Waals surface area contributed by atoms with E-state index in [1.807, 2.05) is 7.05 Å². The molecular weight excluding hydrogens is 244 g/mol. The van der Waals surface area contributed by atoms with Crippen LogP contribution in [0.3, 0.4) is 0 Å². The van der Waals surface area contributed by atoms with Gasteiger partial charge >= 0.3 is 5.97 Å². The lowest BCUT2D eigenvalue weighted by atomic mass is 9.82. The number of rotatable bonds is 5. The Hall–Kier alpha value is -1.46. The van der Waals surface area contributed by atoms with Crippen molar-refractivity contribution in [2.24, 2.45) is 5.92 Å². The zero-order valence-electron chi connectivity index (χ0n) is 11.4. The molecule has 1 aliphatic carbocycles. The van der Waals surface area contributed by atoms with E-state index < -0.39 is 0 Å². The highest BCUT2D eigenvalue weighted by Gasteiger charge is 2.28. The second-order valence-corrected chi connectivity index (χ2v) is 5.18. The summed E-state index contributed by atoms with van der Waals surface area (Å²) in [6.45, 7) is 1.52. The molecule has 0 spiro atoms. The summed E-state index contributed by atoms with van der Waals surface area (Å²) in [5.41, 5.74) is 1.25. The van der Waals surface area contributed by atoms with E-state index >= 15 is 0 Å². The van der Waals surface area contributed by atoms with Gasteiger partial charge in [-0.3, -0.25) is 4.98 Å². The molecule has 0 aliphatic heterocycles. The van der Waals surface area contributed by atoms with Gasteiger partial charge in [0.05, 0.1) is 24.5 Å². The Balaban J connectivity index is 1.96. The molecule has 0 saturated heterocycles. The summed E-state index contributed by atoms with van der Waals surface area (Å²) in [5.74, 6) is 0.195. The van der Waals surface area contributed by atoms with Crippen LogP contribution in [0.4, 0.5) is 0 Å². The van der Waals surface area contributed by atoms with E-state index in [1.54, 1.807) is 18.3 Å². The summed E-state index contributed by atoms with van der Waals surface area (Å²) in [6.07, 6.45) is 3.30. The normalized spacial score (nSPS) is 22.1. The number of aliphatic hydroxyl groups excluding tert-OH is 1. The number of pyridine rings is 1. The average molecular weight is 264 g/mol. The maximum Gasteiger partial charge on any atom is 0.339 e. The SMILES string of the molecule is COC(=O)c1cccnc1CN(C)CC1CC(O)C1. The fourth-order valence-corrected chi connectivity index (χ4v) is 2.47. The van der Waals surface area contributed by atoms with Crippen molar-refractivity contribution in [2.45, 2.75) is 25.5 Å². The lowest BCUT2D eigenvalue weighted by Gasteiger charge is -2.34. The molecule has 1 saturated carbocycles. The number of carbonyl (C=O) groups is 1. The zero-order valence-corrected chi connectivity index (χ0v) is 11.4. The summed E-state index contributed by atoms with van der Waals surface area (Å²) in [4.78, 5) is 18.0. The highest BCUT2D eigenvalue weighted by molar-refractivity contribution is 5.90. The van der Waals surface area contributed by atoms with Crippen LogP contribution in [0.15, 0.2) is 18.3 Å². The van der Waals surface area contributed by atoms with Gasteiger partial charge < -0.3 is 14.7 Å². The van der Waals surface area contributed by atoms with Crippen molar-refractivity contribution in [1.29, 1.82) is 0 Å². The van der Waals surface area contributed by atoms with Gasteiger partial charge in [-0.15, -0.1) is 0 Å². The topological polar surface area (TPSA) is 62.7 Å². The number of methoxy groups -OCH3 is 1. The Morgan fingerprint density at radius 2 is 2.32 bits per heavy atom. The molecule has 104 valence electrons. The summed E-state index contributed by atoms with van der Waals surface area (Å²) in [5, 5.41) is 9.28. The Morgan fingerprint density at radius 1 is 1.58 bits per heavy atom. The average Bonchev–Trinajstić information content (AvgIpc) is 2.36. The molecule has 1 fully saturated rings. The van der Waals surface area contributed by atoms with Crippen LogP contribution in [0, 0.1) is 5.92 Å². The molecule has 0 radical (unpaired) electrons. The summed E-state index contributed by atoms with van der Waals surface area (Å²) >= 11 is 0. The summed E-state index contributed by atoms with van der Waals surface area (Å²) in [7, 11) is 3.37. The van der Waals surface area contributed by atoms with Gasteiger partial charge in [-0.2, -0.15) is 0 Å². The molecule has 0 bridgehead atoms. The molecular formula is C14H20N2O3. The maximum atomic E-state index is 11.6. The van der Waals surface area contributed by atoms with E-state index in [4.69, 9.17) is 4.74 Å². The molecule has 0 amide bonds. The van der Waals surface area contributed by atoms with E-state index in [-0.39, 0.29) is 12.1 Å². The van der Waals surface area contributed by atoms with Gasteiger partial charge in [-0.25, -0.2) is 4.79 Å². The predicted octanol–water partition coefficient (Wildman–Crippen LogP) is 1.07. The Kier molecular flexibility index (Phi) is 4.50. The van der Waals surface area contributed by atoms with Crippen LogP contribution in [-0.2, 0) is 11.3 Å². The van der Waals surface area contributed by atoms with Gasteiger partial charge in [0.25, 0.3) is 0 Å².